The predicted molar refractivity (Wildman–Crippen MR) is 134 cm³/mol. The van der Waals surface area contributed by atoms with Gasteiger partial charge in [0.25, 0.3) is 5.56 Å². The molecule has 9 heteroatoms. The smallest absolute Gasteiger partial charge is 0.291 e. The molecule has 0 saturated carbocycles. The van der Waals surface area contributed by atoms with Gasteiger partial charge in [0, 0.05) is 17.3 Å². The van der Waals surface area contributed by atoms with Crippen LogP contribution in [0.3, 0.4) is 0 Å². The van der Waals surface area contributed by atoms with Crippen LogP contribution < -0.4 is 14.8 Å². The number of aromatic nitrogens is 5. The molecule has 6 rings (SSSR count). The van der Waals surface area contributed by atoms with Crippen LogP contribution in [0.1, 0.15) is 12.5 Å². The van der Waals surface area contributed by atoms with Crippen LogP contribution in [-0.2, 0) is 0 Å². The molecule has 0 amide bonds. The first-order valence-corrected chi connectivity index (χ1v) is 11.8. The Morgan fingerprint density at radius 3 is 2.57 bits per heavy atom. The van der Waals surface area contributed by atoms with Gasteiger partial charge in [-0.25, -0.2) is 4.68 Å². The van der Waals surface area contributed by atoms with Crippen molar-refractivity contribution in [3.63, 3.8) is 0 Å². The molecule has 35 heavy (non-hydrogen) atoms. The van der Waals surface area contributed by atoms with Crippen LogP contribution in [-0.4, -0.2) is 31.0 Å². The molecule has 8 nitrogen and oxygen atoms in total. The molecule has 0 saturated heterocycles. The zero-order valence-corrected chi connectivity index (χ0v) is 19.5. The SMILES string of the molecule is CCOc1ccc(-c2nn(-c3ccccc3)cc2C=c2sc3nc(-c4ccco4)nn3c2=O)cc1. The zero-order valence-electron chi connectivity index (χ0n) is 18.7. The lowest BCUT2D eigenvalue weighted by Gasteiger charge is -2.04. The van der Waals surface area contributed by atoms with Crippen molar-refractivity contribution >= 4 is 22.4 Å². The molecule has 6 aromatic rings. The molecule has 0 radical (unpaired) electrons. The van der Waals surface area contributed by atoms with Crippen LogP contribution in [0.25, 0.3) is 39.6 Å². The summed E-state index contributed by atoms with van der Waals surface area (Å²) in [6, 6.07) is 21.1. The first-order valence-electron chi connectivity index (χ1n) is 11.0. The maximum atomic E-state index is 13.1. The minimum Gasteiger partial charge on any atom is -0.494 e. The van der Waals surface area contributed by atoms with Crippen molar-refractivity contribution in [2.75, 3.05) is 6.61 Å². The predicted octanol–water partition coefficient (Wildman–Crippen LogP) is 4.21. The number of thiazole rings is 1. The third-order valence-corrected chi connectivity index (χ3v) is 6.37. The fraction of sp³-hybridized carbons (Fsp3) is 0.0769. The molecule has 0 bridgehead atoms. The van der Waals surface area contributed by atoms with Gasteiger partial charge in [0.05, 0.1) is 23.1 Å². The Morgan fingerprint density at radius 2 is 1.86 bits per heavy atom. The molecule has 0 aliphatic rings. The third-order valence-electron chi connectivity index (χ3n) is 5.41. The molecular formula is C26H19N5O3S. The van der Waals surface area contributed by atoms with Crippen molar-refractivity contribution in [2.24, 2.45) is 0 Å². The molecule has 4 aromatic heterocycles. The van der Waals surface area contributed by atoms with Gasteiger partial charge in [-0.05, 0) is 61.5 Å². The van der Waals surface area contributed by atoms with Crippen molar-refractivity contribution in [2.45, 2.75) is 6.92 Å². The van der Waals surface area contributed by atoms with Crippen molar-refractivity contribution in [1.29, 1.82) is 0 Å². The summed E-state index contributed by atoms with van der Waals surface area (Å²) in [4.78, 5) is 18.1. The van der Waals surface area contributed by atoms with Gasteiger partial charge in [0.2, 0.25) is 10.8 Å². The van der Waals surface area contributed by atoms with Gasteiger partial charge in [0.15, 0.2) is 5.76 Å². The van der Waals surface area contributed by atoms with Crippen LogP contribution in [0.5, 0.6) is 5.75 Å². The Bertz CT molecular complexity index is 1720. The van der Waals surface area contributed by atoms with Gasteiger partial charge in [-0.15, -0.1) is 5.10 Å². The van der Waals surface area contributed by atoms with E-state index in [-0.39, 0.29) is 5.56 Å². The van der Waals surface area contributed by atoms with E-state index < -0.39 is 0 Å². The maximum absolute atomic E-state index is 13.1. The van der Waals surface area contributed by atoms with Crippen LogP contribution >= 0.6 is 11.3 Å². The second-order valence-electron chi connectivity index (χ2n) is 7.69. The van der Waals surface area contributed by atoms with Crippen molar-refractivity contribution < 1.29 is 9.15 Å². The lowest BCUT2D eigenvalue weighted by Crippen LogP contribution is -2.23. The van der Waals surface area contributed by atoms with Gasteiger partial charge >= 0.3 is 0 Å². The summed E-state index contributed by atoms with van der Waals surface area (Å²) in [6.07, 6.45) is 5.31. The van der Waals surface area contributed by atoms with E-state index in [0.717, 1.165) is 28.3 Å². The van der Waals surface area contributed by atoms with E-state index in [2.05, 4.69) is 10.1 Å². The molecule has 0 unspecified atom stereocenters. The van der Waals surface area contributed by atoms with Crippen LogP contribution in [0.15, 0.2) is 88.4 Å². The summed E-state index contributed by atoms with van der Waals surface area (Å²) < 4.78 is 14.6. The standard InChI is InChI=1S/C26H19N5O3S/c1-2-33-20-12-10-17(11-13-20)23-18(16-30(28-23)19-7-4-3-5-8-19)15-22-25(32)31-26(35-22)27-24(29-31)21-9-6-14-34-21/h3-16H,2H2,1H3. The Balaban J connectivity index is 1.47. The average molecular weight is 482 g/mol. The summed E-state index contributed by atoms with van der Waals surface area (Å²) in [5, 5.41) is 9.17. The Morgan fingerprint density at radius 1 is 1.03 bits per heavy atom. The van der Waals surface area contributed by atoms with Gasteiger partial charge in [0.1, 0.15) is 11.4 Å². The first-order chi connectivity index (χ1) is 17.2. The van der Waals surface area contributed by atoms with E-state index >= 15 is 0 Å². The highest BCUT2D eigenvalue weighted by Gasteiger charge is 2.16. The summed E-state index contributed by atoms with van der Waals surface area (Å²) in [5.74, 6) is 1.70. The number of hydrogen-bond donors (Lipinski definition) is 0. The van der Waals surface area contributed by atoms with E-state index in [1.165, 1.54) is 15.9 Å². The number of furan rings is 1. The Kier molecular flexibility index (Phi) is 5.23. The zero-order chi connectivity index (χ0) is 23.8. The second-order valence-corrected chi connectivity index (χ2v) is 8.70. The van der Waals surface area contributed by atoms with Gasteiger partial charge < -0.3 is 9.15 Å². The minimum absolute atomic E-state index is 0.236. The van der Waals surface area contributed by atoms with Crippen LogP contribution in [0.2, 0.25) is 0 Å². The lowest BCUT2D eigenvalue weighted by molar-refractivity contribution is 0.340. The Labute approximate surface area is 203 Å². The van der Waals surface area contributed by atoms with Crippen molar-refractivity contribution in [3.05, 3.63) is 99.6 Å². The molecule has 4 heterocycles. The van der Waals surface area contributed by atoms with E-state index in [4.69, 9.17) is 14.3 Å². The molecule has 0 atom stereocenters. The average Bonchev–Trinajstić information content (AvgIpc) is 3.67. The fourth-order valence-corrected chi connectivity index (χ4v) is 4.69. The number of rotatable bonds is 6. The summed E-state index contributed by atoms with van der Waals surface area (Å²) in [6.45, 7) is 2.55. The van der Waals surface area contributed by atoms with Crippen LogP contribution in [0.4, 0.5) is 0 Å². The molecular weight excluding hydrogens is 462 g/mol. The number of para-hydroxylation sites is 1. The number of benzene rings is 2. The van der Waals surface area contributed by atoms with E-state index in [9.17, 15) is 4.79 Å². The summed E-state index contributed by atoms with van der Waals surface area (Å²) in [5.41, 5.74) is 3.17. The fourth-order valence-electron chi connectivity index (χ4n) is 3.79. The molecule has 0 fully saturated rings. The normalized spacial score (nSPS) is 12.0. The van der Waals surface area contributed by atoms with Gasteiger partial charge in [-0.3, -0.25) is 4.79 Å². The Hall–Kier alpha value is -4.50. The van der Waals surface area contributed by atoms with Gasteiger partial charge in [-0.2, -0.15) is 14.6 Å². The molecule has 0 spiro atoms. The summed E-state index contributed by atoms with van der Waals surface area (Å²) >= 11 is 1.28. The first kappa shape index (κ1) is 21.1. The number of ether oxygens (including phenoxy) is 1. The highest BCUT2D eigenvalue weighted by Crippen LogP contribution is 2.26. The van der Waals surface area contributed by atoms with Crippen molar-refractivity contribution in [3.8, 4) is 34.3 Å². The minimum atomic E-state index is -0.236. The lowest BCUT2D eigenvalue weighted by atomic mass is 10.1. The second kappa shape index (κ2) is 8.69. The topological polar surface area (TPSA) is 87.4 Å². The molecule has 2 aromatic carbocycles. The van der Waals surface area contributed by atoms with Gasteiger partial charge in [-0.1, -0.05) is 29.5 Å². The highest BCUT2D eigenvalue weighted by molar-refractivity contribution is 7.15. The van der Waals surface area contributed by atoms with Crippen molar-refractivity contribution in [1.82, 2.24) is 24.4 Å². The number of fused-ring (bicyclic) bond motifs is 1. The molecule has 0 aliphatic carbocycles. The largest absolute Gasteiger partial charge is 0.494 e. The molecule has 0 aliphatic heterocycles. The van der Waals surface area contributed by atoms with E-state index in [1.807, 2.05) is 78.5 Å². The molecule has 172 valence electrons. The maximum Gasteiger partial charge on any atom is 0.291 e. The number of hydrogen-bond acceptors (Lipinski definition) is 7. The monoisotopic (exact) mass is 481 g/mol. The quantitative estimate of drug-likeness (QED) is 0.354. The number of nitrogens with zero attached hydrogens (tertiary/aromatic N) is 5. The summed E-state index contributed by atoms with van der Waals surface area (Å²) in [7, 11) is 0. The van der Waals surface area contributed by atoms with Crippen LogP contribution in [0, 0.1) is 0 Å². The molecule has 0 N–H and O–H groups in total. The van der Waals surface area contributed by atoms with E-state index in [0.29, 0.717) is 27.7 Å². The van der Waals surface area contributed by atoms with E-state index in [1.54, 1.807) is 18.4 Å². The highest BCUT2D eigenvalue weighted by atomic mass is 32.1. The third kappa shape index (κ3) is 3.91.